The van der Waals surface area contributed by atoms with E-state index in [1.165, 1.54) is 0 Å². The van der Waals surface area contributed by atoms with Gasteiger partial charge in [0.15, 0.2) is 5.78 Å². The molecule has 4 heteroatoms. The number of phenols is 1. The number of carbonyl (C=O) groups excluding carboxylic acids is 1. The molecule has 17 heavy (non-hydrogen) atoms. The van der Waals surface area contributed by atoms with E-state index in [-0.39, 0.29) is 16.6 Å². The Bertz CT molecular complexity index is 561. The predicted octanol–water partition coefficient (Wildman–Crippen LogP) is 3.62. The molecule has 0 saturated heterocycles. The van der Waals surface area contributed by atoms with Gasteiger partial charge in [0.2, 0.25) is 0 Å². The Labute approximate surface area is 109 Å². The smallest absolute Gasteiger partial charge is 0.156 e. The van der Waals surface area contributed by atoms with Crippen molar-refractivity contribution in [1.29, 1.82) is 0 Å². The van der Waals surface area contributed by atoms with Gasteiger partial charge in [-0.3, -0.25) is 4.79 Å². The molecule has 2 nitrogen and oxygen atoms in total. The maximum absolute atomic E-state index is 11.5. The Balaban J connectivity index is 2.24. The van der Waals surface area contributed by atoms with Gasteiger partial charge in [0, 0.05) is 12.0 Å². The molecule has 1 aromatic carbocycles. The second kappa shape index (κ2) is 3.76. The fourth-order valence-electron chi connectivity index (χ4n) is 2.73. The number of hydrogen-bond donors (Lipinski definition) is 1. The van der Waals surface area contributed by atoms with Crippen LogP contribution in [0.5, 0.6) is 5.75 Å². The number of carbonyl (C=O) groups is 1. The summed E-state index contributed by atoms with van der Waals surface area (Å²) in [5, 5.41) is 10.2. The molecule has 0 aliphatic heterocycles. The van der Waals surface area contributed by atoms with Crippen LogP contribution in [0.25, 0.3) is 5.57 Å². The molecule has 88 valence electrons. The molecule has 0 spiro atoms. The van der Waals surface area contributed by atoms with Crippen molar-refractivity contribution < 1.29 is 9.90 Å². The van der Waals surface area contributed by atoms with Crippen molar-refractivity contribution >= 4 is 34.6 Å². The Morgan fingerprint density at radius 3 is 2.82 bits per heavy atom. The van der Waals surface area contributed by atoms with Gasteiger partial charge in [-0.1, -0.05) is 23.2 Å². The van der Waals surface area contributed by atoms with E-state index in [0.717, 1.165) is 29.5 Å². The molecule has 2 aliphatic carbocycles. The molecule has 0 bridgehead atoms. The third-order valence-corrected chi connectivity index (χ3v) is 4.38. The van der Waals surface area contributed by atoms with Crippen LogP contribution in [0.15, 0.2) is 12.1 Å². The summed E-state index contributed by atoms with van der Waals surface area (Å²) in [7, 11) is 0. The second-order valence-electron chi connectivity index (χ2n) is 4.56. The van der Waals surface area contributed by atoms with E-state index in [1.807, 2.05) is 0 Å². The summed E-state index contributed by atoms with van der Waals surface area (Å²) in [6.07, 6.45) is 3.96. The van der Waals surface area contributed by atoms with E-state index >= 15 is 0 Å². The summed E-state index contributed by atoms with van der Waals surface area (Å²) in [5.74, 6) is 0.503. The molecular formula is C13H10Cl2O2. The summed E-state index contributed by atoms with van der Waals surface area (Å²) < 4.78 is 0. The zero-order chi connectivity index (χ0) is 12.2. The van der Waals surface area contributed by atoms with Crippen molar-refractivity contribution in [2.45, 2.75) is 19.3 Å². The first kappa shape index (κ1) is 11.1. The SMILES string of the molecule is O=C1C=C2c3c(cc(O)c(Cl)c3Cl)CC2CC1. The second-order valence-corrected chi connectivity index (χ2v) is 5.32. The molecule has 0 aromatic heterocycles. The zero-order valence-corrected chi connectivity index (χ0v) is 10.5. The third kappa shape index (κ3) is 1.59. The summed E-state index contributed by atoms with van der Waals surface area (Å²) in [4.78, 5) is 11.5. The van der Waals surface area contributed by atoms with Crippen molar-refractivity contribution in [3.05, 3.63) is 33.3 Å². The Kier molecular flexibility index (Phi) is 2.46. The summed E-state index contributed by atoms with van der Waals surface area (Å²) in [6.45, 7) is 0. The van der Waals surface area contributed by atoms with Crippen molar-refractivity contribution in [3.63, 3.8) is 0 Å². The number of aromatic hydroxyl groups is 1. The fourth-order valence-corrected chi connectivity index (χ4v) is 3.20. The van der Waals surface area contributed by atoms with Crippen LogP contribution < -0.4 is 0 Å². The van der Waals surface area contributed by atoms with Gasteiger partial charge in [0.25, 0.3) is 0 Å². The number of ketones is 1. The van der Waals surface area contributed by atoms with E-state index in [4.69, 9.17) is 23.2 Å². The number of phenolic OH excluding ortho intramolecular Hbond substituents is 1. The lowest BCUT2D eigenvalue weighted by Gasteiger charge is -2.16. The largest absolute Gasteiger partial charge is 0.506 e. The Hall–Kier alpha value is -0.990. The van der Waals surface area contributed by atoms with Gasteiger partial charge in [0.1, 0.15) is 10.8 Å². The van der Waals surface area contributed by atoms with Gasteiger partial charge in [0.05, 0.1) is 5.02 Å². The van der Waals surface area contributed by atoms with Crippen LogP contribution in [0, 0.1) is 5.92 Å². The Morgan fingerprint density at radius 1 is 1.29 bits per heavy atom. The van der Waals surface area contributed by atoms with E-state index in [0.29, 0.717) is 17.4 Å². The van der Waals surface area contributed by atoms with Crippen LogP contribution in [0.3, 0.4) is 0 Å². The molecular weight excluding hydrogens is 259 g/mol. The maximum atomic E-state index is 11.5. The number of benzene rings is 1. The molecule has 1 unspecified atom stereocenters. The average Bonchev–Trinajstić information content (AvgIpc) is 2.63. The molecule has 2 aliphatic rings. The topological polar surface area (TPSA) is 37.3 Å². The van der Waals surface area contributed by atoms with Crippen molar-refractivity contribution in [2.24, 2.45) is 5.92 Å². The first-order valence-electron chi connectivity index (χ1n) is 5.52. The molecule has 0 radical (unpaired) electrons. The molecule has 1 N–H and O–H groups in total. The average molecular weight is 269 g/mol. The number of rotatable bonds is 0. The highest BCUT2D eigenvalue weighted by Gasteiger charge is 2.33. The van der Waals surface area contributed by atoms with Crippen molar-refractivity contribution in [1.82, 2.24) is 0 Å². The van der Waals surface area contributed by atoms with Gasteiger partial charge in [-0.25, -0.2) is 0 Å². The number of halogens is 2. The lowest BCUT2D eigenvalue weighted by Crippen LogP contribution is -2.09. The normalized spacial score (nSPS) is 22.1. The number of hydrogen-bond acceptors (Lipinski definition) is 2. The van der Waals surface area contributed by atoms with Gasteiger partial charge in [-0.15, -0.1) is 0 Å². The summed E-state index contributed by atoms with van der Waals surface area (Å²) in [5.41, 5.74) is 2.83. The van der Waals surface area contributed by atoms with Gasteiger partial charge in [-0.2, -0.15) is 0 Å². The molecule has 0 heterocycles. The molecule has 0 saturated carbocycles. The molecule has 0 amide bonds. The number of allylic oxidation sites excluding steroid dienone is 2. The van der Waals surface area contributed by atoms with E-state index < -0.39 is 0 Å². The predicted molar refractivity (Wildman–Crippen MR) is 67.5 cm³/mol. The summed E-state index contributed by atoms with van der Waals surface area (Å²) >= 11 is 12.1. The van der Waals surface area contributed by atoms with Crippen LogP contribution in [0.2, 0.25) is 10.0 Å². The van der Waals surface area contributed by atoms with Crippen LogP contribution >= 0.6 is 23.2 Å². The van der Waals surface area contributed by atoms with E-state index in [2.05, 4.69) is 0 Å². The van der Waals surface area contributed by atoms with E-state index in [1.54, 1.807) is 12.1 Å². The quantitative estimate of drug-likeness (QED) is 0.781. The zero-order valence-electron chi connectivity index (χ0n) is 8.96. The highest BCUT2D eigenvalue weighted by molar-refractivity contribution is 6.44. The van der Waals surface area contributed by atoms with Crippen LogP contribution in [0.1, 0.15) is 24.0 Å². The van der Waals surface area contributed by atoms with Gasteiger partial charge >= 0.3 is 0 Å². The standard InChI is InChI=1S/C13H10Cl2O2/c14-12-10(17)4-7-3-6-1-2-8(16)5-9(6)11(7)13(12)15/h4-6,17H,1-3H2. The van der Waals surface area contributed by atoms with Crippen molar-refractivity contribution in [3.8, 4) is 5.75 Å². The highest BCUT2D eigenvalue weighted by atomic mass is 35.5. The minimum absolute atomic E-state index is 0.0148. The number of fused-ring (bicyclic) bond motifs is 3. The molecule has 0 fully saturated rings. The maximum Gasteiger partial charge on any atom is 0.156 e. The molecule has 3 rings (SSSR count). The van der Waals surface area contributed by atoms with Crippen molar-refractivity contribution in [2.75, 3.05) is 0 Å². The highest BCUT2D eigenvalue weighted by Crippen LogP contribution is 2.49. The van der Waals surface area contributed by atoms with E-state index in [9.17, 15) is 9.90 Å². The molecule has 1 atom stereocenters. The summed E-state index contributed by atoms with van der Waals surface area (Å²) in [6, 6.07) is 1.66. The fraction of sp³-hybridized carbons (Fsp3) is 0.308. The minimum Gasteiger partial charge on any atom is -0.506 e. The third-order valence-electron chi connectivity index (χ3n) is 3.52. The first-order chi connectivity index (χ1) is 8.08. The lowest BCUT2D eigenvalue weighted by molar-refractivity contribution is -0.115. The monoisotopic (exact) mass is 268 g/mol. The first-order valence-corrected chi connectivity index (χ1v) is 6.28. The van der Waals surface area contributed by atoms with Gasteiger partial charge < -0.3 is 5.11 Å². The lowest BCUT2D eigenvalue weighted by atomic mass is 9.88. The van der Waals surface area contributed by atoms with Crippen LogP contribution in [0.4, 0.5) is 0 Å². The minimum atomic E-state index is 0.0148. The van der Waals surface area contributed by atoms with Crippen LogP contribution in [-0.2, 0) is 11.2 Å². The molecule has 1 aromatic rings. The Morgan fingerprint density at radius 2 is 2.06 bits per heavy atom. The van der Waals surface area contributed by atoms with Crippen LogP contribution in [-0.4, -0.2) is 10.9 Å². The van der Waals surface area contributed by atoms with Gasteiger partial charge in [-0.05, 0) is 42.0 Å².